The van der Waals surface area contributed by atoms with Gasteiger partial charge in [-0.05, 0) is 32.1 Å². The van der Waals surface area contributed by atoms with Gasteiger partial charge < -0.3 is 20.3 Å². The van der Waals surface area contributed by atoms with Gasteiger partial charge in [0.2, 0.25) is 5.91 Å². The molecule has 6 nitrogen and oxygen atoms in total. The van der Waals surface area contributed by atoms with Crippen LogP contribution in [0, 0.1) is 0 Å². The van der Waals surface area contributed by atoms with Gasteiger partial charge in [-0.25, -0.2) is 0 Å². The standard InChI is InChI=1S/C60H117NO5/c1-3-5-7-9-11-13-15-17-26-29-32-36-40-44-48-52-58(63)57(56-62)61-59(64)53-49-45-41-37-33-30-27-24-22-20-18-19-21-23-25-28-31-35-39-43-47-51-55-66-60(65)54-50-46-42-38-34-16-14-12-10-8-6-4-2/h48,52,57-58,62-63H,3-47,49-51,53-56H2,1-2H3,(H,61,64)/b52-48+. The van der Waals surface area contributed by atoms with E-state index in [1.54, 1.807) is 6.08 Å². The van der Waals surface area contributed by atoms with Gasteiger partial charge in [0.25, 0.3) is 0 Å². The fourth-order valence-electron chi connectivity index (χ4n) is 9.46. The van der Waals surface area contributed by atoms with Gasteiger partial charge in [-0.15, -0.1) is 0 Å². The number of carbonyl (C=O) groups is 2. The second kappa shape index (κ2) is 56.2. The molecule has 0 aliphatic heterocycles. The highest BCUT2D eigenvalue weighted by Crippen LogP contribution is 2.18. The van der Waals surface area contributed by atoms with Crippen LogP contribution in [0.4, 0.5) is 0 Å². The van der Waals surface area contributed by atoms with Crippen LogP contribution in [-0.2, 0) is 14.3 Å². The molecule has 392 valence electrons. The lowest BCUT2D eigenvalue weighted by molar-refractivity contribution is -0.143. The maximum absolute atomic E-state index is 12.5. The number of aliphatic hydroxyl groups is 2. The average molecular weight is 933 g/mol. The van der Waals surface area contributed by atoms with Crippen LogP contribution in [0.3, 0.4) is 0 Å². The van der Waals surface area contributed by atoms with Crippen LogP contribution in [0.25, 0.3) is 0 Å². The number of unbranched alkanes of at least 4 members (excludes halogenated alkanes) is 45. The molecule has 2 unspecified atom stereocenters. The van der Waals surface area contributed by atoms with Crippen LogP contribution in [0.5, 0.6) is 0 Å². The van der Waals surface area contributed by atoms with Gasteiger partial charge in [-0.2, -0.15) is 0 Å². The van der Waals surface area contributed by atoms with Crippen molar-refractivity contribution in [1.29, 1.82) is 0 Å². The lowest BCUT2D eigenvalue weighted by Crippen LogP contribution is -2.45. The summed E-state index contributed by atoms with van der Waals surface area (Å²) in [6, 6.07) is -0.626. The number of aliphatic hydroxyl groups excluding tert-OH is 2. The Morgan fingerprint density at radius 3 is 1.03 bits per heavy atom. The number of nitrogens with one attached hydrogen (secondary N) is 1. The normalized spacial score (nSPS) is 12.6. The first kappa shape index (κ1) is 64.6. The number of esters is 1. The van der Waals surface area contributed by atoms with Crippen molar-refractivity contribution in [3.05, 3.63) is 12.2 Å². The largest absolute Gasteiger partial charge is 0.466 e. The zero-order chi connectivity index (χ0) is 47.9. The molecule has 0 aromatic carbocycles. The van der Waals surface area contributed by atoms with E-state index < -0.39 is 12.1 Å². The lowest BCUT2D eigenvalue weighted by atomic mass is 10.0. The van der Waals surface area contributed by atoms with Crippen LogP contribution < -0.4 is 5.32 Å². The predicted molar refractivity (Wildman–Crippen MR) is 287 cm³/mol. The summed E-state index contributed by atoms with van der Waals surface area (Å²) >= 11 is 0. The molecular weight excluding hydrogens is 815 g/mol. The molecule has 0 spiro atoms. The van der Waals surface area contributed by atoms with Crippen molar-refractivity contribution in [2.75, 3.05) is 13.2 Å². The third-order valence-electron chi connectivity index (χ3n) is 14.1. The minimum Gasteiger partial charge on any atom is -0.466 e. The zero-order valence-electron chi connectivity index (χ0n) is 44.7. The van der Waals surface area contributed by atoms with E-state index in [1.807, 2.05) is 6.08 Å². The molecule has 2 atom stereocenters. The van der Waals surface area contributed by atoms with E-state index in [-0.39, 0.29) is 18.5 Å². The van der Waals surface area contributed by atoms with Crippen molar-refractivity contribution >= 4 is 11.9 Å². The molecule has 0 aromatic rings. The topological polar surface area (TPSA) is 95.9 Å². The van der Waals surface area contributed by atoms with Gasteiger partial charge in [0.1, 0.15) is 0 Å². The Bertz CT molecular complexity index is 986. The first-order chi connectivity index (χ1) is 32.5. The second-order valence-electron chi connectivity index (χ2n) is 20.7. The molecule has 0 aromatic heterocycles. The highest BCUT2D eigenvalue weighted by molar-refractivity contribution is 5.76. The smallest absolute Gasteiger partial charge is 0.305 e. The molecular formula is C60H117NO5. The van der Waals surface area contributed by atoms with Crippen LogP contribution >= 0.6 is 0 Å². The molecule has 6 heteroatoms. The SMILES string of the molecule is CCCCCCCCCCCCCCC/C=C/C(O)C(CO)NC(=O)CCCCCCCCCCCCCCCCCCCCCCCCOC(=O)CCCCCCCCCCCCCC. The summed E-state index contributed by atoms with van der Waals surface area (Å²) in [6.07, 6.45) is 66.7. The van der Waals surface area contributed by atoms with Crippen molar-refractivity contribution in [1.82, 2.24) is 5.32 Å². The maximum atomic E-state index is 12.5. The number of hydrogen-bond donors (Lipinski definition) is 3. The number of amides is 1. The first-order valence-corrected chi connectivity index (χ1v) is 30.0. The Labute approximate surface area is 412 Å². The molecule has 0 rings (SSSR count). The van der Waals surface area contributed by atoms with E-state index in [4.69, 9.17) is 4.74 Å². The van der Waals surface area contributed by atoms with Gasteiger partial charge in [-0.3, -0.25) is 9.59 Å². The van der Waals surface area contributed by atoms with Gasteiger partial charge in [0, 0.05) is 12.8 Å². The maximum Gasteiger partial charge on any atom is 0.305 e. The van der Waals surface area contributed by atoms with E-state index in [2.05, 4.69) is 19.2 Å². The third-order valence-corrected chi connectivity index (χ3v) is 14.1. The summed E-state index contributed by atoms with van der Waals surface area (Å²) in [5.41, 5.74) is 0. The van der Waals surface area contributed by atoms with Crippen LogP contribution in [-0.4, -0.2) is 47.4 Å². The molecule has 0 aliphatic carbocycles. The zero-order valence-corrected chi connectivity index (χ0v) is 44.7. The van der Waals surface area contributed by atoms with Crippen LogP contribution in [0.1, 0.15) is 335 Å². The molecule has 0 heterocycles. The Morgan fingerprint density at radius 1 is 0.409 bits per heavy atom. The summed E-state index contributed by atoms with van der Waals surface area (Å²) in [4.78, 5) is 24.5. The number of carbonyl (C=O) groups excluding carboxylic acids is 2. The molecule has 1 amide bonds. The molecule has 0 bridgehead atoms. The van der Waals surface area contributed by atoms with E-state index in [1.165, 1.54) is 270 Å². The predicted octanol–water partition coefficient (Wildman–Crippen LogP) is 18.5. The number of rotatable bonds is 56. The van der Waals surface area contributed by atoms with Crippen molar-refractivity contribution < 1.29 is 24.5 Å². The molecule has 3 N–H and O–H groups in total. The molecule has 0 saturated carbocycles. The van der Waals surface area contributed by atoms with E-state index in [9.17, 15) is 19.8 Å². The van der Waals surface area contributed by atoms with Crippen molar-refractivity contribution in [3.8, 4) is 0 Å². The number of allylic oxidation sites excluding steroid dienone is 1. The summed E-state index contributed by atoms with van der Waals surface area (Å²) < 4.78 is 5.47. The molecule has 0 fully saturated rings. The Morgan fingerprint density at radius 2 is 0.697 bits per heavy atom. The van der Waals surface area contributed by atoms with Gasteiger partial charge in [-0.1, -0.05) is 302 Å². The molecule has 66 heavy (non-hydrogen) atoms. The average Bonchev–Trinajstić information content (AvgIpc) is 3.32. The Balaban J connectivity index is 3.39. The van der Waals surface area contributed by atoms with Crippen molar-refractivity contribution in [2.24, 2.45) is 0 Å². The number of hydrogen-bond acceptors (Lipinski definition) is 5. The first-order valence-electron chi connectivity index (χ1n) is 30.0. The Kier molecular flexibility index (Phi) is 55.0. The summed E-state index contributed by atoms with van der Waals surface area (Å²) in [5.74, 6) is -0.0522. The minimum atomic E-state index is -0.843. The highest BCUT2D eigenvalue weighted by atomic mass is 16.5. The van der Waals surface area contributed by atoms with Gasteiger partial charge in [0.05, 0.1) is 25.4 Å². The second-order valence-corrected chi connectivity index (χ2v) is 20.7. The van der Waals surface area contributed by atoms with E-state index >= 15 is 0 Å². The lowest BCUT2D eigenvalue weighted by Gasteiger charge is -2.20. The number of ether oxygens (including phenoxy) is 1. The molecule has 0 radical (unpaired) electrons. The minimum absolute atomic E-state index is 0.0138. The fraction of sp³-hybridized carbons (Fsp3) is 0.933. The monoisotopic (exact) mass is 932 g/mol. The summed E-state index contributed by atoms with van der Waals surface area (Å²) in [7, 11) is 0. The molecule has 0 aliphatic rings. The Hall–Kier alpha value is -1.40. The summed E-state index contributed by atoms with van der Waals surface area (Å²) in [5, 5.41) is 23.1. The quantitative estimate of drug-likeness (QED) is 0.0321. The van der Waals surface area contributed by atoms with Crippen LogP contribution in [0.15, 0.2) is 12.2 Å². The van der Waals surface area contributed by atoms with Gasteiger partial charge in [0.15, 0.2) is 0 Å². The van der Waals surface area contributed by atoms with Crippen molar-refractivity contribution in [2.45, 2.75) is 347 Å². The van der Waals surface area contributed by atoms with Gasteiger partial charge >= 0.3 is 5.97 Å². The highest BCUT2D eigenvalue weighted by Gasteiger charge is 2.18. The summed E-state index contributed by atoms with van der Waals surface area (Å²) in [6.45, 7) is 4.92. The van der Waals surface area contributed by atoms with E-state index in [0.29, 0.717) is 19.4 Å². The fourth-order valence-corrected chi connectivity index (χ4v) is 9.46. The van der Waals surface area contributed by atoms with E-state index in [0.717, 1.165) is 38.5 Å². The van der Waals surface area contributed by atoms with Crippen LogP contribution in [0.2, 0.25) is 0 Å². The van der Waals surface area contributed by atoms with Crippen molar-refractivity contribution in [3.63, 3.8) is 0 Å². The third kappa shape index (κ3) is 52.0. The molecule has 0 saturated heterocycles.